The first kappa shape index (κ1) is 19.2. The van der Waals surface area contributed by atoms with Crippen molar-refractivity contribution in [2.24, 2.45) is 5.73 Å². The van der Waals surface area contributed by atoms with Gasteiger partial charge < -0.3 is 20.1 Å². The van der Waals surface area contributed by atoms with Gasteiger partial charge in [0.05, 0.1) is 24.9 Å². The first-order valence-corrected chi connectivity index (χ1v) is 10.1. The molecule has 2 aromatic rings. The van der Waals surface area contributed by atoms with Gasteiger partial charge in [0.1, 0.15) is 12.1 Å². The number of aromatic nitrogens is 4. The normalized spacial score (nSPS) is 22.8. The van der Waals surface area contributed by atoms with Crippen molar-refractivity contribution >= 4 is 17.1 Å². The van der Waals surface area contributed by atoms with Crippen LogP contribution in [0.4, 0.5) is 0 Å². The second-order valence-electron chi connectivity index (χ2n) is 7.45. The van der Waals surface area contributed by atoms with E-state index in [4.69, 9.17) is 20.3 Å². The number of carbonyl (C=O) groups excluding carboxylic acids is 1. The Balaban J connectivity index is 1.35. The van der Waals surface area contributed by atoms with Crippen LogP contribution >= 0.6 is 0 Å². The first-order valence-electron chi connectivity index (χ1n) is 10.1. The fraction of sp³-hybridized carbons (Fsp3) is 0.684. The number of nitrogens with two attached hydrogens (primary N) is 1. The molecule has 2 aliphatic heterocycles. The molecule has 0 saturated carbocycles. The van der Waals surface area contributed by atoms with E-state index in [0.717, 1.165) is 42.7 Å². The minimum absolute atomic E-state index is 0.0232. The number of likely N-dealkylation sites (tertiary alicyclic amines) is 1. The Hall–Kier alpha value is -2.10. The maximum atomic E-state index is 12.5. The van der Waals surface area contributed by atoms with Crippen LogP contribution < -0.4 is 5.73 Å². The van der Waals surface area contributed by atoms with E-state index >= 15 is 0 Å². The van der Waals surface area contributed by atoms with Gasteiger partial charge in [0.15, 0.2) is 5.65 Å². The van der Waals surface area contributed by atoms with Gasteiger partial charge in [0.25, 0.3) is 0 Å². The van der Waals surface area contributed by atoms with E-state index in [0.29, 0.717) is 32.8 Å². The standard InChI is InChI=1S/C19H28N6O3/c20-5-9-25-19-18(21-6-7-22-19)17(23-25)14-4-8-24(11-14)16(26)13-27-12-15-3-1-2-10-28-15/h6-7,14-15H,1-5,8-13,20H2/t14-,15+/m0/s1. The summed E-state index contributed by atoms with van der Waals surface area (Å²) < 4.78 is 13.1. The van der Waals surface area contributed by atoms with Crippen molar-refractivity contribution in [3.05, 3.63) is 18.1 Å². The zero-order valence-corrected chi connectivity index (χ0v) is 16.1. The summed E-state index contributed by atoms with van der Waals surface area (Å²) in [5.74, 6) is 0.180. The van der Waals surface area contributed by atoms with Crippen LogP contribution in [-0.4, -0.2) is 76.1 Å². The number of hydrogen-bond donors (Lipinski definition) is 1. The van der Waals surface area contributed by atoms with Crippen molar-refractivity contribution in [2.75, 3.05) is 39.5 Å². The molecule has 9 heteroatoms. The highest BCUT2D eigenvalue weighted by atomic mass is 16.5. The zero-order chi connectivity index (χ0) is 19.3. The summed E-state index contributed by atoms with van der Waals surface area (Å²) >= 11 is 0. The van der Waals surface area contributed by atoms with Gasteiger partial charge in [0.2, 0.25) is 5.91 Å². The summed E-state index contributed by atoms with van der Waals surface area (Å²) in [5.41, 5.74) is 8.16. The summed E-state index contributed by atoms with van der Waals surface area (Å²) in [5, 5.41) is 4.70. The molecule has 0 bridgehead atoms. The molecule has 4 heterocycles. The highest BCUT2D eigenvalue weighted by molar-refractivity contribution is 5.78. The molecule has 2 aromatic heterocycles. The average molecular weight is 388 g/mol. The Morgan fingerprint density at radius 2 is 2.18 bits per heavy atom. The Morgan fingerprint density at radius 3 is 3.00 bits per heavy atom. The summed E-state index contributed by atoms with van der Waals surface area (Å²) in [6, 6.07) is 0. The molecule has 152 valence electrons. The van der Waals surface area contributed by atoms with Gasteiger partial charge in [-0.15, -0.1) is 0 Å². The summed E-state index contributed by atoms with van der Waals surface area (Å²) in [4.78, 5) is 23.3. The highest BCUT2D eigenvalue weighted by Crippen LogP contribution is 2.30. The minimum atomic E-state index is 0.0232. The highest BCUT2D eigenvalue weighted by Gasteiger charge is 2.31. The lowest BCUT2D eigenvalue weighted by atomic mass is 10.0. The van der Waals surface area contributed by atoms with Crippen molar-refractivity contribution < 1.29 is 14.3 Å². The molecule has 0 unspecified atom stereocenters. The maximum absolute atomic E-state index is 12.5. The number of rotatable bonds is 7. The fourth-order valence-electron chi connectivity index (χ4n) is 4.00. The van der Waals surface area contributed by atoms with Crippen LogP contribution in [0.5, 0.6) is 0 Å². The molecule has 0 aromatic carbocycles. The third kappa shape index (κ3) is 4.16. The van der Waals surface area contributed by atoms with Crippen LogP contribution in [0.1, 0.15) is 37.3 Å². The summed E-state index contributed by atoms with van der Waals surface area (Å²) in [6.45, 7) is 3.82. The monoisotopic (exact) mass is 388 g/mol. The number of fused-ring (bicyclic) bond motifs is 1. The van der Waals surface area contributed by atoms with Crippen LogP contribution in [0.2, 0.25) is 0 Å². The van der Waals surface area contributed by atoms with E-state index < -0.39 is 0 Å². The smallest absolute Gasteiger partial charge is 0.248 e. The van der Waals surface area contributed by atoms with E-state index in [1.807, 2.05) is 9.58 Å². The molecule has 4 rings (SSSR count). The average Bonchev–Trinajstić information content (AvgIpc) is 3.35. The van der Waals surface area contributed by atoms with E-state index in [1.165, 1.54) is 6.42 Å². The zero-order valence-electron chi connectivity index (χ0n) is 16.1. The van der Waals surface area contributed by atoms with Crippen LogP contribution in [-0.2, 0) is 20.8 Å². The van der Waals surface area contributed by atoms with Crippen molar-refractivity contribution in [2.45, 2.75) is 44.2 Å². The molecule has 0 radical (unpaired) electrons. The molecule has 2 saturated heterocycles. The predicted molar refractivity (Wildman–Crippen MR) is 103 cm³/mol. The van der Waals surface area contributed by atoms with Crippen LogP contribution in [0, 0.1) is 0 Å². The largest absolute Gasteiger partial charge is 0.376 e. The molecule has 1 amide bonds. The van der Waals surface area contributed by atoms with E-state index in [-0.39, 0.29) is 24.5 Å². The number of hydrogen-bond acceptors (Lipinski definition) is 7. The molecular weight excluding hydrogens is 360 g/mol. The van der Waals surface area contributed by atoms with Crippen LogP contribution in [0.3, 0.4) is 0 Å². The van der Waals surface area contributed by atoms with Crippen LogP contribution in [0.25, 0.3) is 11.2 Å². The molecule has 0 spiro atoms. The van der Waals surface area contributed by atoms with Crippen molar-refractivity contribution in [3.8, 4) is 0 Å². The van der Waals surface area contributed by atoms with Crippen LogP contribution in [0.15, 0.2) is 12.4 Å². The number of ether oxygens (including phenoxy) is 2. The molecule has 9 nitrogen and oxygen atoms in total. The van der Waals surface area contributed by atoms with Gasteiger partial charge >= 0.3 is 0 Å². The number of amides is 1. The van der Waals surface area contributed by atoms with Gasteiger partial charge in [-0.05, 0) is 25.7 Å². The molecule has 2 aliphatic rings. The lowest BCUT2D eigenvalue weighted by molar-refractivity contribution is -0.137. The second kappa shape index (κ2) is 8.93. The Morgan fingerprint density at radius 1 is 1.29 bits per heavy atom. The van der Waals surface area contributed by atoms with Crippen molar-refractivity contribution in [3.63, 3.8) is 0 Å². The van der Waals surface area contributed by atoms with Gasteiger partial charge in [0, 0.05) is 44.6 Å². The van der Waals surface area contributed by atoms with Gasteiger partial charge in [-0.25, -0.2) is 14.6 Å². The first-order chi connectivity index (χ1) is 13.8. The second-order valence-corrected chi connectivity index (χ2v) is 7.45. The summed E-state index contributed by atoms with van der Waals surface area (Å²) in [6.07, 6.45) is 7.64. The van der Waals surface area contributed by atoms with Gasteiger partial charge in [-0.1, -0.05) is 0 Å². The number of nitrogens with zero attached hydrogens (tertiary/aromatic N) is 5. The topological polar surface area (TPSA) is 108 Å². The van der Waals surface area contributed by atoms with Gasteiger partial charge in [-0.3, -0.25) is 4.79 Å². The van der Waals surface area contributed by atoms with Crippen molar-refractivity contribution in [1.82, 2.24) is 24.6 Å². The van der Waals surface area contributed by atoms with E-state index in [2.05, 4.69) is 9.97 Å². The minimum Gasteiger partial charge on any atom is -0.376 e. The molecule has 2 atom stereocenters. The Kier molecular flexibility index (Phi) is 6.13. The third-order valence-corrected chi connectivity index (χ3v) is 5.47. The SMILES string of the molecule is NCCn1nc([C@H]2CCN(C(=O)COC[C@H]3CCCCO3)C2)c2nccnc21. The van der Waals surface area contributed by atoms with E-state index in [9.17, 15) is 4.79 Å². The third-order valence-electron chi connectivity index (χ3n) is 5.47. The lowest BCUT2D eigenvalue weighted by Gasteiger charge is -2.23. The lowest BCUT2D eigenvalue weighted by Crippen LogP contribution is -2.33. The molecule has 2 N–H and O–H groups in total. The molecular formula is C19H28N6O3. The predicted octanol–water partition coefficient (Wildman–Crippen LogP) is 0.687. The quantitative estimate of drug-likeness (QED) is 0.743. The Labute approximate surface area is 164 Å². The maximum Gasteiger partial charge on any atom is 0.248 e. The Bertz CT molecular complexity index is 804. The molecule has 2 fully saturated rings. The molecule has 0 aliphatic carbocycles. The summed E-state index contributed by atoms with van der Waals surface area (Å²) in [7, 11) is 0. The van der Waals surface area contributed by atoms with Gasteiger partial charge in [-0.2, -0.15) is 5.10 Å². The van der Waals surface area contributed by atoms with Crippen molar-refractivity contribution in [1.29, 1.82) is 0 Å². The molecule has 28 heavy (non-hydrogen) atoms. The fourth-order valence-corrected chi connectivity index (χ4v) is 4.00. The van der Waals surface area contributed by atoms with E-state index in [1.54, 1.807) is 12.4 Å². The number of carbonyl (C=O) groups is 1.